The molecule has 0 unspecified atom stereocenters. The van der Waals surface area contributed by atoms with Crippen LogP contribution in [0.15, 0.2) is 47.0 Å². The van der Waals surface area contributed by atoms with Gasteiger partial charge in [-0.3, -0.25) is 4.79 Å². The molecule has 3 aromatic rings. The van der Waals surface area contributed by atoms with E-state index in [-0.39, 0.29) is 24.4 Å². The van der Waals surface area contributed by atoms with Crippen LogP contribution in [0, 0.1) is 24.5 Å². The summed E-state index contributed by atoms with van der Waals surface area (Å²) in [5.41, 5.74) is 8.74. The Bertz CT molecular complexity index is 1440. The fourth-order valence-corrected chi connectivity index (χ4v) is 5.66. The Morgan fingerprint density at radius 3 is 2.24 bits per heavy atom. The van der Waals surface area contributed by atoms with E-state index in [2.05, 4.69) is 24.3 Å². The molecule has 1 aliphatic carbocycles. The molecular weight excluding hydrogens is 578 g/mol. The van der Waals surface area contributed by atoms with Crippen LogP contribution in [0.5, 0.6) is 0 Å². The summed E-state index contributed by atoms with van der Waals surface area (Å²) in [6.45, 7) is 11.5. The van der Waals surface area contributed by atoms with E-state index in [1.54, 1.807) is 23.1 Å². The quantitative estimate of drug-likeness (QED) is 0.186. The molecule has 0 radical (unpaired) electrons. The molecule has 244 valence electrons. The average molecular weight is 625 g/mol. The molecule has 1 aromatic heterocycles. The normalized spacial score (nSPS) is 15.1. The standard InChI is InChI=1S/C35H46F2N4O4/c1-6-10-41(11-7-2)33(42)25-13-23(5)14-26(18-25)34(43)44-31(30(38)17-24-15-27(36)19-28(37)16-24)21-39-35(8-9-35)32-20-29(40-45-32)12-22(3)4/h13-16,18-20,22,30-31,39H,6-12,17,21,38H2,1-5H3/t30-,31+/m0/s1. The number of benzene rings is 2. The molecule has 4 rings (SSSR count). The van der Waals surface area contributed by atoms with Gasteiger partial charge in [0, 0.05) is 43.4 Å². The number of carbonyl (C=O) groups is 2. The van der Waals surface area contributed by atoms with E-state index in [0.717, 1.165) is 55.2 Å². The number of esters is 1. The van der Waals surface area contributed by atoms with Crippen LogP contribution in [0.25, 0.3) is 0 Å². The van der Waals surface area contributed by atoms with Crippen LogP contribution in [-0.4, -0.2) is 53.7 Å². The summed E-state index contributed by atoms with van der Waals surface area (Å²) in [5.74, 6) is -1.05. The first-order valence-electron chi connectivity index (χ1n) is 16.0. The zero-order chi connectivity index (χ0) is 32.7. The molecule has 1 fully saturated rings. The maximum absolute atomic E-state index is 14.0. The second-order valence-corrected chi connectivity index (χ2v) is 12.7. The summed E-state index contributed by atoms with van der Waals surface area (Å²) in [6.07, 6.45) is 3.27. The summed E-state index contributed by atoms with van der Waals surface area (Å²) in [6, 6.07) is 9.41. The van der Waals surface area contributed by atoms with E-state index < -0.39 is 35.3 Å². The molecule has 10 heteroatoms. The van der Waals surface area contributed by atoms with Crippen LogP contribution in [0.4, 0.5) is 8.78 Å². The van der Waals surface area contributed by atoms with Crippen molar-refractivity contribution in [2.75, 3.05) is 19.6 Å². The van der Waals surface area contributed by atoms with E-state index in [0.29, 0.717) is 30.1 Å². The Labute approximate surface area is 264 Å². The maximum Gasteiger partial charge on any atom is 0.338 e. The summed E-state index contributed by atoms with van der Waals surface area (Å²) in [7, 11) is 0. The summed E-state index contributed by atoms with van der Waals surface area (Å²) in [5, 5.41) is 7.71. The third kappa shape index (κ3) is 9.20. The fourth-order valence-electron chi connectivity index (χ4n) is 5.66. The molecule has 0 aliphatic heterocycles. The van der Waals surface area contributed by atoms with Crippen molar-refractivity contribution in [3.05, 3.63) is 87.8 Å². The van der Waals surface area contributed by atoms with Crippen LogP contribution in [0.3, 0.4) is 0 Å². The molecule has 1 amide bonds. The lowest BCUT2D eigenvalue weighted by molar-refractivity contribution is 0.0226. The van der Waals surface area contributed by atoms with E-state index in [9.17, 15) is 18.4 Å². The number of nitrogens with zero attached hydrogens (tertiary/aromatic N) is 2. The number of rotatable bonds is 16. The number of carbonyl (C=O) groups excluding carboxylic acids is 2. The third-order valence-corrected chi connectivity index (χ3v) is 8.00. The van der Waals surface area contributed by atoms with Crippen molar-refractivity contribution in [1.29, 1.82) is 0 Å². The smallest absolute Gasteiger partial charge is 0.338 e. The molecule has 8 nitrogen and oxygen atoms in total. The maximum atomic E-state index is 14.0. The molecule has 0 bridgehead atoms. The molecule has 1 saturated carbocycles. The van der Waals surface area contributed by atoms with Crippen LogP contribution in [-0.2, 0) is 23.1 Å². The predicted octanol–water partition coefficient (Wildman–Crippen LogP) is 6.10. The molecule has 1 heterocycles. The number of aromatic nitrogens is 1. The summed E-state index contributed by atoms with van der Waals surface area (Å²) >= 11 is 0. The van der Waals surface area contributed by atoms with Gasteiger partial charge in [-0.15, -0.1) is 0 Å². The number of aryl methyl sites for hydroxylation is 1. The van der Waals surface area contributed by atoms with Gasteiger partial charge in [-0.1, -0.05) is 32.9 Å². The van der Waals surface area contributed by atoms with Crippen LogP contribution >= 0.6 is 0 Å². The second-order valence-electron chi connectivity index (χ2n) is 12.7. The Hall–Kier alpha value is -3.63. The predicted molar refractivity (Wildman–Crippen MR) is 169 cm³/mol. The molecule has 0 saturated heterocycles. The van der Waals surface area contributed by atoms with Gasteiger partial charge in [0.05, 0.1) is 16.8 Å². The lowest BCUT2D eigenvalue weighted by Crippen LogP contribution is -2.48. The first-order valence-corrected chi connectivity index (χ1v) is 16.0. The molecule has 3 N–H and O–H groups in total. The van der Waals surface area contributed by atoms with Crippen molar-refractivity contribution in [2.45, 2.75) is 90.8 Å². The Morgan fingerprint density at radius 1 is 1.00 bits per heavy atom. The van der Waals surface area contributed by atoms with Gasteiger partial charge in [0.1, 0.15) is 17.7 Å². The van der Waals surface area contributed by atoms with Gasteiger partial charge in [0.15, 0.2) is 5.76 Å². The number of hydrogen-bond acceptors (Lipinski definition) is 7. The first-order chi connectivity index (χ1) is 21.4. The SMILES string of the molecule is CCCN(CCC)C(=O)c1cc(C)cc(C(=O)O[C@H](CNC2(c3cc(CC(C)C)no3)CC2)[C@@H](N)Cc2cc(F)cc(F)c2)c1. The first kappa shape index (κ1) is 34.2. The molecule has 1 aliphatic rings. The van der Waals surface area contributed by atoms with Gasteiger partial charge in [0.2, 0.25) is 0 Å². The molecule has 2 atom stereocenters. The van der Waals surface area contributed by atoms with Crippen LogP contribution in [0.2, 0.25) is 0 Å². The number of nitrogens with one attached hydrogen (secondary N) is 1. The van der Waals surface area contributed by atoms with Gasteiger partial charge in [-0.25, -0.2) is 13.6 Å². The van der Waals surface area contributed by atoms with E-state index in [4.69, 9.17) is 15.0 Å². The van der Waals surface area contributed by atoms with Crippen molar-refractivity contribution >= 4 is 11.9 Å². The largest absolute Gasteiger partial charge is 0.456 e. The van der Waals surface area contributed by atoms with Crippen molar-refractivity contribution in [3.8, 4) is 0 Å². The minimum absolute atomic E-state index is 0.0721. The lowest BCUT2D eigenvalue weighted by Gasteiger charge is -2.27. The fraction of sp³-hybridized carbons (Fsp3) is 0.514. The highest BCUT2D eigenvalue weighted by Crippen LogP contribution is 2.45. The number of nitrogens with two attached hydrogens (primary N) is 1. The highest BCUT2D eigenvalue weighted by Gasteiger charge is 2.48. The Kier molecular flexibility index (Phi) is 11.5. The number of halogens is 2. The highest BCUT2D eigenvalue weighted by atomic mass is 19.1. The van der Waals surface area contributed by atoms with Crippen LogP contribution in [0.1, 0.15) is 96.7 Å². The zero-order valence-corrected chi connectivity index (χ0v) is 27.0. The van der Waals surface area contributed by atoms with E-state index >= 15 is 0 Å². The molecule has 0 spiro atoms. The number of hydrogen-bond donors (Lipinski definition) is 2. The van der Waals surface area contributed by atoms with Gasteiger partial charge >= 0.3 is 5.97 Å². The zero-order valence-electron chi connectivity index (χ0n) is 27.0. The van der Waals surface area contributed by atoms with E-state index in [1.807, 2.05) is 26.8 Å². The Morgan fingerprint density at radius 2 is 1.64 bits per heavy atom. The monoisotopic (exact) mass is 624 g/mol. The third-order valence-electron chi connectivity index (χ3n) is 8.00. The minimum Gasteiger partial charge on any atom is -0.456 e. The van der Waals surface area contributed by atoms with Gasteiger partial charge < -0.3 is 25.2 Å². The van der Waals surface area contributed by atoms with Crippen molar-refractivity contribution in [2.24, 2.45) is 11.7 Å². The minimum atomic E-state index is -0.865. The van der Waals surface area contributed by atoms with Crippen molar-refractivity contribution < 1.29 is 27.6 Å². The average Bonchev–Trinajstić information content (AvgIpc) is 3.62. The Balaban J connectivity index is 1.55. The lowest BCUT2D eigenvalue weighted by atomic mass is 10.0. The number of ether oxygens (including phenoxy) is 1. The molecular formula is C35H46F2N4O4. The summed E-state index contributed by atoms with van der Waals surface area (Å²) < 4.78 is 39.6. The van der Waals surface area contributed by atoms with Crippen molar-refractivity contribution in [1.82, 2.24) is 15.4 Å². The molecule has 2 aromatic carbocycles. The topological polar surface area (TPSA) is 111 Å². The number of amides is 1. The van der Waals surface area contributed by atoms with Gasteiger partial charge in [-0.05, 0) is 92.8 Å². The highest BCUT2D eigenvalue weighted by molar-refractivity contribution is 5.98. The van der Waals surface area contributed by atoms with Gasteiger partial charge in [0.25, 0.3) is 5.91 Å². The van der Waals surface area contributed by atoms with E-state index in [1.165, 1.54) is 12.1 Å². The van der Waals surface area contributed by atoms with Crippen molar-refractivity contribution in [3.63, 3.8) is 0 Å². The summed E-state index contributed by atoms with van der Waals surface area (Å²) in [4.78, 5) is 28.7. The second kappa shape index (κ2) is 15.1. The molecule has 45 heavy (non-hydrogen) atoms. The van der Waals surface area contributed by atoms with Gasteiger partial charge in [-0.2, -0.15) is 0 Å². The van der Waals surface area contributed by atoms with Crippen LogP contribution < -0.4 is 11.1 Å².